The van der Waals surface area contributed by atoms with E-state index < -0.39 is 0 Å². The van der Waals surface area contributed by atoms with Crippen molar-refractivity contribution in [2.24, 2.45) is 5.73 Å². The number of rotatable bonds is 2. The van der Waals surface area contributed by atoms with Gasteiger partial charge in [-0.2, -0.15) is 0 Å². The summed E-state index contributed by atoms with van der Waals surface area (Å²) in [5, 5.41) is 2.75. The molecule has 0 radical (unpaired) electrons. The van der Waals surface area contributed by atoms with E-state index in [1.165, 1.54) is 0 Å². The number of anilines is 1. The molecule has 19 heavy (non-hydrogen) atoms. The van der Waals surface area contributed by atoms with Gasteiger partial charge in [-0.15, -0.1) is 0 Å². The monoisotopic (exact) mass is 254 g/mol. The third-order valence-corrected chi connectivity index (χ3v) is 2.44. The van der Waals surface area contributed by atoms with Crippen LogP contribution in [0, 0.1) is 18.8 Å². The van der Waals surface area contributed by atoms with Gasteiger partial charge in [-0.1, -0.05) is 11.8 Å². The molecule has 2 aromatic rings. The minimum absolute atomic E-state index is 0.270. The lowest BCUT2D eigenvalue weighted by atomic mass is 10.2. The smallest absolute Gasteiger partial charge is 0.291 e. The third kappa shape index (κ3) is 3.47. The van der Waals surface area contributed by atoms with Crippen LogP contribution in [0.25, 0.3) is 0 Å². The molecule has 0 unspecified atom stereocenters. The fourth-order valence-corrected chi connectivity index (χ4v) is 1.54. The van der Waals surface area contributed by atoms with Gasteiger partial charge in [0.15, 0.2) is 5.76 Å². The molecule has 1 aromatic heterocycles. The molecule has 0 saturated carbocycles. The Morgan fingerprint density at radius 1 is 1.26 bits per heavy atom. The lowest BCUT2D eigenvalue weighted by Crippen LogP contribution is -2.10. The summed E-state index contributed by atoms with van der Waals surface area (Å²) in [5.41, 5.74) is 6.85. The molecule has 0 aliphatic rings. The van der Waals surface area contributed by atoms with Crippen LogP contribution in [0.1, 0.15) is 21.9 Å². The quantitative estimate of drug-likeness (QED) is 0.807. The van der Waals surface area contributed by atoms with Gasteiger partial charge >= 0.3 is 0 Å². The van der Waals surface area contributed by atoms with Crippen molar-refractivity contribution in [1.29, 1.82) is 0 Å². The summed E-state index contributed by atoms with van der Waals surface area (Å²) in [6, 6.07) is 10.6. The van der Waals surface area contributed by atoms with Crippen molar-refractivity contribution in [3.05, 3.63) is 53.5 Å². The fraction of sp³-hybridized carbons (Fsp3) is 0.133. The van der Waals surface area contributed by atoms with Crippen molar-refractivity contribution in [2.75, 3.05) is 11.9 Å². The highest BCUT2D eigenvalue weighted by molar-refractivity contribution is 6.02. The summed E-state index contributed by atoms with van der Waals surface area (Å²) < 4.78 is 5.25. The lowest BCUT2D eigenvalue weighted by Gasteiger charge is -2.02. The number of hydrogen-bond acceptors (Lipinski definition) is 3. The SMILES string of the molecule is Cc1ccc(C(=O)Nc2ccc(C#CCN)cc2)o1. The molecule has 0 saturated heterocycles. The minimum atomic E-state index is -0.270. The van der Waals surface area contributed by atoms with E-state index in [9.17, 15) is 4.79 Å². The zero-order chi connectivity index (χ0) is 13.7. The topological polar surface area (TPSA) is 68.3 Å². The molecular formula is C15H14N2O2. The number of hydrogen-bond donors (Lipinski definition) is 2. The maximum atomic E-state index is 11.8. The molecule has 0 fully saturated rings. The van der Waals surface area contributed by atoms with Crippen LogP contribution in [0.5, 0.6) is 0 Å². The van der Waals surface area contributed by atoms with Crippen LogP contribution < -0.4 is 11.1 Å². The number of amides is 1. The van der Waals surface area contributed by atoms with Crippen LogP contribution in [0.4, 0.5) is 5.69 Å². The average Bonchev–Trinajstić information content (AvgIpc) is 2.85. The largest absolute Gasteiger partial charge is 0.456 e. The number of benzene rings is 1. The summed E-state index contributed by atoms with van der Waals surface area (Å²) in [4.78, 5) is 11.8. The maximum absolute atomic E-state index is 11.8. The summed E-state index contributed by atoms with van der Waals surface area (Å²) in [7, 11) is 0. The van der Waals surface area contributed by atoms with E-state index in [0.29, 0.717) is 23.8 Å². The summed E-state index contributed by atoms with van der Waals surface area (Å²) in [5.74, 6) is 6.41. The van der Waals surface area contributed by atoms with E-state index in [1.54, 1.807) is 31.2 Å². The van der Waals surface area contributed by atoms with Gasteiger partial charge in [0.2, 0.25) is 0 Å². The number of carbonyl (C=O) groups excluding carboxylic acids is 1. The van der Waals surface area contributed by atoms with E-state index >= 15 is 0 Å². The molecule has 0 spiro atoms. The third-order valence-electron chi connectivity index (χ3n) is 2.44. The predicted octanol–water partition coefficient (Wildman–Crippen LogP) is 2.15. The highest BCUT2D eigenvalue weighted by Crippen LogP contribution is 2.12. The minimum Gasteiger partial charge on any atom is -0.456 e. The van der Waals surface area contributed by atoms with E-state index in [1.807, 2.05) is 12.1 Å². The summed E-state index contributed by atoms with van der Waals surface area (Å²) in [6.07, 6.45) is 0. The van der Waals surface area contributed by atoms with Crippen molar-refractivity contribution in [1.82, 2.24) is 0 Å². The second-order valence-corrected chi connectivity index (χ2v) is 3.95. The fourth-order valence-electron chi connectivity index (χ4n) is 1.54. The molecular weight excluding hydrogens is 240 g/mol. The first kappa shape index (κ1) is 12.9. The lowest BCUT2D eigenvalue weighted by molar-refractivity contribution is 0.0995. The van der Waals surface area contributed by atoms with Gasteiger partial charge in [0, 0.05) is 11.3 Å². The Morgan fingerprint density at radius 3 is 2.58 bits per heavy atom. The van der Waals surface area contributed by atoms with Crippen LogP contribution in [-0.2, 0) is 0 Å². The van der Waals surface area contributed by atoms with Crippen LogP contribution >= 0.6 is 0 Å². The highest BCUT2D eigenvalue weighted by atomic mass is 16.3. The molecule has 1 amide bonds. The van der Waals surface area contributed by atoms with Crippen LogP contribution in [0.3, 0.4) is 0 Å². The van der Waals surface area contributed by atoms with Crippen molar-refractivity contribution in [3.8, 4) is 11.8 Å². The van der Waals surface area contributed by atoms with Gasteiger partial charge < -0.3 is 15.5 Å². The van der Waals surface area contributed by atoms with Gasteiger partial charge in [-0.25, -0.2) is 0 Å². The van der Waals surface area contributed by atoms with Crippen molar-refractivity contribution < 1.29 is 9.21 Å². The standard InChI is InChI=1S/C15H14N2O2/c1-11-4-9-14(19-11)15(18)17-13-7-5-12(6-8-13)3-2-10-16/h4-9H,10,16H2,1H3,(H,17,18). The molecule has 0 atom stereocenters. The Hall–Kier alpha value is -2.51. The summed E-state index contributed by atoms with van der Waals surface area (Å²) in [6.45, 7) is 2.12. The molecule has 0 aliphatic carbocycles. The molecule has 3 N–H and O–H groups in total. The Balaban J connectivity index is 2.05. The van der Waals surface area contributed by atoms with Crippen molar-refractivity contribution >= 4 is 11.6 Å². The molecule has 96 valence electrons. The van der Waals surface area contributed by atoms with E-state index in [-0.39, 0.29) is 5.91 Å². The molecule has 1 heterocycles. The maximum Gasteiger partial charge on any atom is 0.291 e. The Kier molecular flexibility index (Phi) is 4.01. The first-order valence-electron chi connectivity index (χ1n) is 5.86. The molecule has 1 aromatic carbocycles. The van der Waals surface area contributed by atoms with Crippen molar-refractivity contribution in [2.45, 2.75) is 6.92 Å². The Morgan fingerprint density at radius 2 is 2.00 bits per heavy atom. The second kappa shape index (κ2) is 5.89. The van der Waals surface area contributed by atoms with E-state index in [0.717, 1.165) is 5.56 Å². The molecule has 2 rings (SSSR count). The van der Waals surface area contributed by atoms with Gasteiger partial charge in [0.1, 0.15) is 5.76 Å². The first-order valence-corrected chi connectivity index (χ1v) is 5.86. The van der Waals surface area contributed by atoms with Gasteiger partial charge in [0.05, 0.1) is 6.54 Å². The molecule has 4 nitrogen and oxygen atoms in total. The zero-order valence-electron chi connectivity index (χ0n) is 10.6. The van der Waals surface area contributed by atoms with Gasteiger partial charge in [-0.05, 0) is 43.3 Å². The number of carbonyl (C=O) groups is 1. The number of aryl methyl sites for hydroxylation is 1. The predicted molar refractivity (Wildman–Crippen MR) is 73.8 cm³/mol. The van der Waals surface area contributed by atoms with Gasteiger partial charge in [0.25, 0.3) is 5.91 Å². The zero-order valence-corrected chi connectivity index (χ0v) is 10.6. The van der Waals surface area contributed by atoms with Crippen LogP contribution in [0.2, 0.25) is 0 Å². The second-order valence-electron chi connectivity index (χ2n) is 3.95. The first-order chi connectivity index (χ1) is 9.19. The average molecular weight is 254 g/mol. The number of nitrogens with two attached hydrogens (primary N) is 1. The molecule has 0 bridgehead atoms. The Labute approximate surface area is 111 Å². The van der Waals surface area contributed by atoms with Crippen LogP contribution in [-0.4, -0.2) is 12.5 Å². The Bertz CT molecular complexity index is 630. The number of nitrogens with one attached hydrogen (secondary N) is 1. The van der Waals surface area contributed by atoms with E-state index in [2.05, 4.69) is 17.2 Å². The van der Waals surface area contributed by atoms with Crippen LogP contribution in [0.15, 0.2) is 40.8 Å². The highest BCUT2D eigenvalue weighted by Gasteiger charge is 2.09. The molecule has 4 heteroatoms. The van der Waals surface area contributed by atoms with Crippen molar-refractivity contribution in [3.63, 3.8) is 0 Å². The van der Waals surface area contributed by atoms with E-state index in [4.69, 9.17) is 10.2 Å². The normalized spacial score (nSPS) is 9.58. The summed E-state index contributed by atoms with van der Waals surface area (Å²) >= 11 is 0. The van der Waals surface area contributed by atoms with Gasteiger partial charge in [-0.3, -0.25) is 4.79 Å². The molecule has 0 aliphatic heterocycles. The number of furan rings is 1.